The molecule has 1 aromatic heterocycles. The number of imidazole rings is 1. The Hall–Kier alpha value is -3.45. The van der Waals surface area contributed by atoms with Gasteiger partial charge in [-0.05, 0) is 49.1 Å². The lowest BCUT2D eigenvalue weighted by Crippen LogP contribution is -2.53. The molecule has 2 fully saturated rings. The molecule has 2 aromatic carbocycles. The maximum atomic E-state index is 12.9. The molecule has 1 saturated heterocycles. The Labute approximate surface area is 186 Å². The number of H-pyrrole nitrogens is 1. The number of hydrogen-bond acceptors (Lipinski definition) is 4. The summed E-state index contributed by atoms with van der Waals surface area (Å²) in [5.41, 5.74) is 3.60. The van der Waals surface area contributed by atoms with E-state index in [-0.39, 0.29) is 11.8 Å². The van der Waals surface area contributed by atoms with Crippen LogP contribution in [0.3, 0.4) is 0 Å². The van der Waals surface area contributed by atoms with Crippen molar-refractivity contribution in [3.05, 3.63) is 66.0 Å². The highest BCUT2D eigenvalue weighted by molar-refractivity contribution is 5.95. The Kier molecular flexibility index (Phi) is 5.06. The molecular formula is C25H26N4O3. The second kappa shape index (κ2) is 7.91. The number of nitrogens with one attached hydrogen (secondary N) is 1. The summed E-state index contributed by atoms with van der Waals surface area (Å²) in [4.78, 5) is 36.3. The number of piperazine rings is 1. The summed E-state index contributed by atoms with van der Waals surface area (Å²) in [7, 11) is 0. The minimum atomic E-state index is -1.14. The van der Waals surface area contributed by atoms with Crippen LogP contribution in [0, 0.1) is 6.92 Å². The van der Waals surface area contributed by atoms with Crippen LogP contribution in [0.5, 0.6) is 0 Å². The topological polar surface area (TPSA) is 89.5 Å². The number of amides is 2. The second-order valence-corrected chi connectivity index (χ2v) is 8.69. The van der Waals surface area contributed by atoms with Crippen molar-refractivity contribution in [2.24, 2.45) is 0 Å². The first kappa shape index (κ1) is 20.5. The van der Waals surface area contributed by atoms with E-state index in [1.807, 2.05) is 55.6 Å². The number of aromatic amines is 1. The lowest BCUT2D eigenvalue weighted by atomic mass is 10.0. The van der Waals surface area contributed by atoms with Gasteiger partial charge in [0.05, 0.1) is 0 Å². The number of carbonyl (C=O) groups excluding carboxylic acids is 2. The van der Waals surface area contributed by atoms with E-state index in [0.717, 1.165) is 28.2 Å². The Bertz CT molecular complexity index is 1160. The molecule has 7 nitrogen and oxygen atoms in total. The quantitative estimate of drug-likeness (QED) is 0.666. The zero-order valence-electron chi connectivity index (χ0n) is 18.0. The van der Waals surface area contributed by atoms with Gasteiger partial charge in [-0.15, -0.1) is 0 Å². The van der Waals surface area contributed by atoms with E-state index in [4.69, 9.17) is 0 Å². The van der Waals surface area contributed by atoms with Crippen molar-refractivity contribution in [3.63, 3.8) is 0 Å². The second-order valence-electron chi connectivity index (χ2n) is 8.69. The lowest BCUT2D eigenvalue weighted by molar-refractivity contribution is -0.143. The first-order valence-corrected chi connectivity index (χ1v) is 11.0. The molecule has 7 heteroatoms. The maximum Gasteiger partial charge on any atom is 0.254 e. The number of hydrogen-bond donors (Lipinski definition) is 2. The lowest BCUT2D eigenvalue weighted by Gasteiger charge is -2.35. The zero-order valence-corrected chi connectivity index (χ0v) is 18.0. The van der Waals surface area contributed by atoms with Crippen LogP contribution in [0.25, 0.3) is 22.5 Å². The summed E-state index contributed by atoms with van der Waals surface area (Å²) in [6.07, 6.45) is 2.90. The van der Waals surface area contributed by atoms with Crippen LogP contribution in [0.1, 0.15) is 28.9 Å². The van der Waals surface area contributed by atoms with E-state index >= 15 is 0 Å². The molecule has 2 heterocycles. The molecule has 0 unspecified atom stereocenters. The number of aliphatic hydroxyl groups is 1. The fourth-order valence-electron chi connectivity index (χ4n) is 4.13. The maximum absolute atomic E-state index is 12.9. The van der Waals surface area contributed by atoms with Gasteiger partial charge in [-0.2, -0.15) is 0 Å². The molecule has 3 aromatic rings. The largest absolute Gasteiger partial charge is 0.380 e. The average Bonchev–Trinajstić information content (AvgIpc) is 3.44. The molecule has 1 aliphatic carbocycles. The van der Waals surface area contributed by atoms with Gasteiger partial charge in [0.2, 0.25) is 0 Å². The molecule has 0 spiro atoms. The van der Waals surface area contributed by atoms with Gasteiger partial charge in [-0.25, -0.2) is 4.98 Å². The molecular weight excluding hydrogens is 404 g/mol. The fourth-order valence-corrected chi connectivity index (χ4v) is 4.13. The van der Waals surface area contributed by atoms with Gasteiger partial charge in [0.15, 0.2) is 0 Å². The Morgan fingerprint density at radius 2 is 1.59 bits per heavy atom. The van der Waals surface area contributed by atoms with Gasteiger partial charge in [0.25, 0.3) is 11.8 Å². The fraction of sp³-hybridized carbons (Fsp3) is 0.320. The van der Waals surface area contributed by atoms with Crippen molar-refractivity contribution >= 4 is 11.8 Å². The average molecular weight is 431 g/mol. The summed E-state index contributed by atoms with van der Waals surface area (Å²) >= 11 is 0. The molecule has 164 valence electrons. The summed E-state index contributed by atoms with van der Waals surface area (Å²) < 4.78 is 0. The molecule has 2 amide bonds. The van der Waals surface area contributed by atoms with Gasteiger partial charge >= 0.3 is 0 Å². The van der Waals surface area contributed by atoms with Gasteiger partial charge in [-0.3, -0.25) is 9.59 Å². The van der Waals surface area contributed by atoms with Crippen molar-refractivity contribution in [3.8, 4) is 22.5 Å². The monoisotopic (exact) mass is 430 g/mol. The van der Waals surface area contributed by atoms with E-state index in [1.54, 1.807) is 9.80 Å². The van der Waals surface area contributed by atoms with E-state index in [0.29, 0.717) is 44.6 Å². The number of aryl methyl sites for hydroxylation is 1. The first-order valence-electron chi connectivity index (χ1n) is 11.0. The molecule has 2 aliphatic rings. The predicted octanol–water partition coefficient (Wildman–Crippen LogP) is 2.86. The van der Waals surface area contributed by atoms with Crippen molar-refractivity contribution in [1.29, 1.82) is 0 Å². The number of carbonyl (C=O) groups is 2. The van der Waals surface area contributed by atoms with Crippen LogP contribution < -0.4 is 0 Å². The normalized spacial score (nSPS) is 17.3. The molecule has 5 rings (SSSR count). The van der Waals surface area contributed by atoms with Crippen LogP contribution in [0.15, 0.2) is 54.7 Å². The number of rotatable bonds is 4. The van der Waals surface area contributed by atoms with E-state index in [1.165, 1.54) is 0 Å². The molecule has 2 N–H and O–H groups in total. The Morgan fingerprint density at radius 3 is 2.22 bits per heavy atom. The third-order valence-electron chi connectivity index (χ3n) is 6.28. The molecule has 1 saturated carbocycles. The SMILES string of the molecule is Cc1cnc(-c2cccc(-c3ccc(C(=O)N4CCN(C(=O)C5(O)CC5)CC4)cc3)c2)[nH]1. The van der Waals surface area contributed by atoms with Gasteiger partial charge < -0.3 is 19.9 Å². The van der Waals surface area contributed by atoms with Gasteiger partial charge in [-0.1, -0.05) is 30.3 Å². The standard InChI is InChI=1S/C25H26N4O3/c1-17-16-26-22(27-17)21-4-2-3-20(15-21)18-5-7-19(8-6-18)23(30)28-11-13-29(14-12-28)24(31)25(32)9-10-25/h2-8,15-16,32H,9-14H2,1H3,(H,26,27). The van der Waals surface area contributed by atoms with Crippen LogP contribution >= 0.6 is 0 Å². The first-order chi connectivity index (χ1) is 15.4. The van der Waals surface area contributed by atoms with Gasteiger partial charge in [0, 0.05) is 49.2 Å². The minimum Gasteiger partial charge on any atom is -0.380 e. The van der Waals surface area contributed by atoms with Crippen molar-refractivity contribution in [2.45, 2.75) is 25.4 Å². The van der Waals surface area contributed by atoms with Gasteiger partial charge in [0.1, 0.15) is 11.4 Å². The third-order valence-corrected chi connectivity index (χ3v) is 6.28. The van der Waals surface area contributed by atoms with E-state index in [2.05, 4.69) is 16.0 Å². The predicted molar refractivity (Wildman–Crippen MR) is 121 cm³/mol. The third kappa shape index (κ3) is 3.91. The minimum absolute atomic E-state index is 0.0337. The zero-order chi connectivity index (χ0) is 22.3. The molecule has 1 aliphatic heterocycles. The van der Waals surface area contributed by atoms with Crippen molar-refractivity contribution < 1.29 is 14.7 Å². The summed E-state index contributed by atoms with van der Waals surface area (Å²) in [6.45, 7) is 3.86. The molecule has 32 heavy (non-hydrogen) atoms. The molecule has 0 bridgehead atoms. The van der Waals surface area contributed by atoms with Crippen molar-refractivity contribution in [1.82, 2.24) is 19.8 Å². The Morgan fingerprint density at radius 1 is 0.938 bits per heavy atom. The Balaban J connectivity index is 1.25. The highest BCUT2D eigenvalue weighted by Gasteiger charge is 2.50. The van der Waals surface area contributed by atoms with Crippen molar-refractivity contribution in [2.75, 3.05) is 26.2 Å². The number of aromatic nitrogens is 2. The van der Waals surface area contributed by atoms with Crippen LogP contribution in [0.2, 0.25) is 0 Å². The van der Waals surface area contributed by atoms with Crippen LogP contribution in [-0.4, -0.2) is 68.5 Å². The highest BCUT2D eigenvalue weighted by Crippen LogP contribution is 2.37. The summed E-state index contributed by atoms with van der Waals surface area (Å²) in [5, 5.41) is 10.0. The van der Waals surface area contributed by atoms with Crippen LogP contribution in [0.4, 0.5) is 0 Å². The smallest absolute Gasteiger partial charge is 0.254 e. The molecule has 0 atom stereocenters. The highest BCUT2D eigenvalue weighted by atomic mass is 16.3. The summed E-state index contributed by atoms with van der Waals surface area (Å²) in [6, 6.07) is 15.8. The number of nitrogens with zero attached hydrogens (tertiary/aromatic N) is 3. The van der Waals surface area contributed by atoms with E-state index in [9.17, 15) is 14.7 Å². The summed E-state index contributed by atoms with van der Waals surface area (Å²) in [5.74, 6) is 0.608. The van der Waals surface area contributed by atoms with Crippen LogP contribution in [-0.2, 0) is 4.79 Å². The number of benzene rings is 2. The van der Waals surface area contributed by atoms with E-state index < -0.39 is 5.60 Å². The molecule has 0 radical (unpaired) electrons.